The molecule has 0 unspecified atom stereocenters. The summed E-state index contributed by atoms with van der Waals surface area (Å²) >= 11 is 0. The predicted molar refractivity (Wildman–Crippen MR) is 115 cm³/mol. The van der Waals surface area contributed by atoms with Crippen LogP contribution in [-0.2, 0) is 26.6 Å². The molecule has 2 aromatic rings. The van der Waals surface area contributed by atoms with Crippen molar-refractivity contribution in [1.82, 2.24) is 4.72 Å². The highest BCUT2D eigenvalue weighted by atomic mass is 32.2. The summed E-state index contributed by atoms with van der Waals surface area (Å²) in [6.45, 7) is 2.50. The molecule has 0 atom stereocenters. The second kappa shape index (κ2) is 8.56. The fourth-order valence-corrected chi connectivity index (χ4v) is 6.33. The molecule has 0 aliphatic carbocycles. The largest absolute Gasteiger partial charge is 0.492 e. The van der Waals surface area contributed by atoms with Gasteiger partial charge in [0.25, 0.3) is 0 Å². The van der Waals surface area contributed by atoms with Gasteiger partial charge in [-0.05, 0) is 55.7 Å². The summed E-state index contributed by atoms with van der Waals surface area (Å²) in [6, 6.07) is 9.61. The van der Waals surface area contributed by atoms with Gasteiger partial charge in [-0.25, -0.2) is 21.6 Å². The van der Waals surface area contributed by atoms with Gasteiger partial charge in [-0.15, -0.1) is 0 Å². The lowest BCUT2D eigenvalue weighted by Crippen LogP contribution is -2.38. The van der Waals surface area contributed by atoms with E-state index in [0.29, 0.717) is 35.7 Å². The van der Waals surface area contributed by atoms with E-state index in [9.17, 15) is 16.8 Å². The molecule has 2 aromatic carbocycles. The van der Waals surface area contributed by atoms with Gasteiger partial charge in [0.1, 0.15) is 10.6 Å². The van der Waals surface area contributed by atoms with Crippen molar-refractivity contribution in [3.8, 4) is 17.2 Å². The molecule has 1 saturated heterocycles. The molecule has 4 rings (SSSR count). The minimum Gasteiger partial charge on any atom is -0.492 e. The van der Waals surface area contributed by atoms with E-state index in [1.807, 2.05) is 0 Å². The Kier molecular flexibility index (Phi) is 6.00. The van der Waals surface area contributed by atoms with E-state index in [4.69, 9.17) is 14.2 Å². The third-order valence-corrected chi connectivity index (χ3v) is 8.35. The number of benzene rings is 2. The van der Waals surface area contributed by atoms with Gasteiger partial charge in [0.05, 0.1) is 18.0 Å². The maximum absolute atomic E-state index is 13.1. The van der Waals surface area contributed by atoms with Gasteiger partial charge in [-0.3, -0.25) is 4.31 Å². The van der Waals surface area contributed by atoms with Crippen molar-refractivity contribution in [2.75, 3.05) is 30.0 Å². The Labute approximate surface area is 182 Å². The molecule has 2 aliphatic heterocycles. The van der Waals surface area contributed by atoms with Gasteiger partial charge in [0.2, 0.25) is 26.8 Å². The summed E-state index contributed by atoms with van der Waals surface area (Å²) in [4.78, 5) is -0.103. The molecule has 2 aliphatic rings. The Balaban J connectivity index is 1.62. The first-order valence-corrected chi connectivity index (χ1v) is 13.0. The summed E-state index contributed by atoms with van der Waals surface area (Å²) in [5, 5.41) is 0. The monoisotopic (exact) mass is 468 g/mol. The molecule has 0 radical (unpaired) electrons. The van der Waals surface area contributed by atoms with E-state index in [1.54, 1.807) is 31.2 Å². The Morgan fingerprint density at radius 3 is 2.68 bits per heavy atom. The third-order valence-electron chi connectivity index (χ3n) is 5.06. The van der Waals surface area contributed by atoms with Crippen LogP contribution in [0, 0.1) is 0 Å². The van der Waals surface area contributed by atoms with Gasteiger partial charge in [0.15, 0.2) is 11.5 Å². The number of rotatable bonds is 7. The molecule has 2 heterocycles. The second-order valence-corrected chi connectivity index (χ2v) is 10.9. The SMILES string of the molecule is CCOc1ccc(N2CCCCS2(=O)=O)cc1S(=O)(=O)NCc1ccc2c(c1)OCO2. The van der Waals surface area contributed by atoms with Crippen LogP contribution in [0.4, 0.5) is 5.69 Å². The van der Waals surface area contributed by atoms with Crippen LogP contribution in [0.1, 0.15) is 25.3 Å². The number of anilines is 1. The average molecular weight is 469 g/mol. The van der Waals surface area contributed by atoms with Crippen molar-refractivity contribution < 1.29 is 31.0 Å². The molecule has 1 fully saturated rings. The molecule has 1 N–H and O–H groups in total. The molecule has 11 heteroatoms. The number of nitrogens with zero attached hydrogens (tertiary/aromatic N) is 1. The average Bonchev–Trinajstić information content (AvgIpc) is 3.20. The van der Waals surface area contributed by atoms with Gasteiger partial charge in [-0.1, -0.05) is 6.07 Å². The number of ether oxygens (including phenoxy) is 3. The standard InChI is InChI=1S/C20H24N2O7S2/c1-2-27-18-8-6-16(22-9-3-4-10-30(22,23)24)12-20(18)31(25,26)21-13-15-5-7-17-19(11-15)29-14-28-17/h5-8,11-12,21H,2-4,9-10,13-14H2,1H3. The highest BCUT2D eigenvalue weighted by Gasteiger charge is 2.29. The fraction of sp³-hybridized carbons (Fsp3) is 0.400. The second-order valence-electron chi connectivity index (χ2n) is 7.17. The van der Waals surface area contributed by atoms with Crippen molar-refractivity contribution in [3.63, 3.8) is 0 Å². The summed E-state index contributed by atoms with van der Waals surface area (Å²) in [6.07, 6.45) is 1.31. The van der Waals surface area contributed by atoms with Crippen LogP contribution < -0.4 is 23.2 Å². The smallest absolute Gasteiger partial charge is 0.244 e. The van der Waals surface area contributed by atoms with E-state index in [-0.39, 0.29) is 36.3 Å². The van der Waals surface area contributed by atoms with E-state index < -0.39 is 20.0 Å². The minimum absolute atomic E-state index is 0.0246. The van der Waals surface area contributed by atoms with Crippen LogP contribution in [0.3, 0.4) is 0 Å². The van der Waals surface area contributed by atoms with Crippen LogP contribution in [0.15, 0.2) is 41.3 Å². The maximum atomic E-state index is 13.1. The molecule has 0 bridgehead atoms. The van der Waals surface area contributed by atoms with Crippen molar-refractivity contribution >= 4 is 25.7 Å². The van der Waals surface area contributed by atoms with E-state index in [2.05, 4.69) is 4.72 Å². The first-order valence-electron chi connectivity index (χ1n) is 9.95. The summed E-state index contributed by atoms with van der Waals surface area (Å²) in [5.74, 6) is 1.38. The lowest BCUT2D eigenvalue weighted by Gasteiger charge is -2.28. The lowest BCUT2D eigenvalue weighted by atomic mass is 10.2. The molecular weight excluding hydrogens is 444 g/mol. The summed E-state index contributed by atoms with van der Waals surface area (Å²) in [7, 11) is -7.47. The highest BCUT2D eigenvalue weighted by Crippen LogP contribution is 2.34. The Bertz CT molecular complexity index is 1180. The summed E-state index contributed by atoms with van der Waals surface area (Å²) in [5.41, 5.74) is 1.01. The number of hydrogen-bond donors (Lipinski definition) is 1. The van der Waals surface area contributed by atoms with E-state index in [1.165, 1.54) is 16.4 Å². The number of sulfonamides is 2. The van der Waals surface area contributed by atoms with Crippen LogP contribution >= 0.6 is 0 Å². The van der Waals surface area contributed by atoms with Gasteiger partial charge >= 0.3 is 0 Å². The van der Waals surface area contributed by atoms with Gasteiger partial charge in [0, 0.05) is 13.1 Å². The zero-order valence-electron chi connectivity index (χ0n) is 17.0. The molecule has 0 amide bonds. The number of fused-ring (bicyclic) bond motifs is 1. The first kappa shape index (κ1) is 21.7. The molecule has 0 spiro atoms. The van der Waals surface area contributed by atoms with Crippen LogP contribution in [0.2, 0.25) is 0 Å². The Morgan fingerprint density at radius 1 is 1.10 bits per heavy atom. The quantitative estimate of drug-likeness (QED) is 0.663. The van der Waals surface area contributed by atoms with Gasteiger partial charge in [-0.2, -0.15) is 0 Å². The highest BCUT2D eigenvalue weighted by molar-refractivity contribution is 7.92. The Morgan fingerprint density at radius 2 is 1.90 bits per heavy atom. The summed E-state index contributed by atoms with van der Waals surface area (Å²) < 4.78 is 71.1. The molecular formula is C20H24N2O7S2. The van der Waals surface area contributed by atoms with Crippen molar-refractivity contribution in [1.29, 1.82) is 0 Å². The Hall–Kier alpha value is -2.50. The van der Waals surface area contributed by atoms with Crippen LogP contribution in [0.25, 0.3) is 0 Å². The van der Waals surface area contributed by atoms with Gasteiger partial charge < -0.3 is 14.2 Å². The van der Waals surface area contributed by atoms with E-state index >= 15 is 0 Å². The van der Waals surface area contributed by atoms with Crippen molar-refractivity contribution in [2.45, 2.75) is 31.2 Å². The minimum atomic E-state index is -3.99. The number of nitrogens with one attached hydrogen (secondary N) is 1. The third kappa shape index (κ3) is 4.58. The van der Waals surface area contributed by atoms with E-state index in [0.717, 1.165) is 6.42 Å². The zero-order chi connectivity index (χ0) is 22.1. The molecule has 0 saturated carbocycles. The topological polar surface area (TPSA) is 111 Å². The fourth-order valence-electron chi connectivity index (χ4n) is 3.52. The zero-order valence-corrected chi connectivity index (χ0v) is 18.7. The molecule has 31 heavy (non-hydrogen) atoms. The van der Waals surface area contributed by atoms with Crippen LogP contribution in [0.5, 0.6) is 17.2 Å². The molecule has 0 aromatic heterocycles. The first-order chi connectivity index (χ1) is 14.8. The maximum Gasteiger partial charge on any atom is 0.244 e. The van der Waals surface area contributed by atoms with Crippen molar-refractivity contribution in [2.24, 2.45) is 0 Å². The van der Waals surface area contributed by atoms with Crippen LogP contribution in [-0.4, -0.2) is 42.5 Å². The normalized spacial score (nSPS) is 17.5. The molecule has 9 nitrogen and oxygen atoms in total. The van der Waals surface area contributed by atoms with Crippen molar-refractivity contribution in [3.05, 3.63) is 42.0 Å². The molecule has 168 valence electrons. The number of hydrogen-bond acceptors (Lipinski definition) is 7. The lowest BCUT2D eigenvalue weighted by molar-refractivity contribution is 0.174. The predicted octanol–water partition coefficient (Wildman–Crippen LogP) is 2.22.